The third kappa shape index (κ3) is 4.79. The van der Waals surface area contributed by atoms with Crippen molar-refractivity contribution in [3.05, 3.63) is 53.7 Å². The number of nitrogens with one attached hydrogen (secondary N) is 1. The van der Waals surface area contributed by atoms with Crippen LogP contribution in [-0.2, 0) is 6.54 Å². The lowest BCUT2D eigenvalue weighted by Crippen LogP contribution is -2.35. The normalized spacial score (nSPS) is 11.5. The summed E-state index contributed by atoms with van der Waals surface area (Å²) in [5.41, 5.74) is 0.756. The van der Waals surface area contributed by atoms with E-state index in [4.69, 9.17) is 4.74 Å². The van der Waals surface area contributed by atoms with Crippen LogP contribution in [0.1, 0.15) is 26.5 Å². The smallest absolute Gasteiger partial charge is 0.219 e. The predicted molar refractivity (Wildman–Crippen MR) is 77.3 cm³/mol. The van der Waals surface area contributed by atoms with Crippen LogP contribution in [0.5, 0.6) is 11.6 Å². The Morgan fingerprint density at radius 3 is 2.57 bits per heavy atom. The molecule has 112 valence electrons. The van der Waals surface area contributed by atoms with E-state index in [1.54, 1.807) is 12.1 Å². The van der Waals surface area contributed by atoms with Gasteiger partial charge in [-0.25, -0.2) is 13.8 Å². The van der Waals surface area contributed by atoms with Crippen LogP contribution in [0.25, 0.3) is 0 Å². The number of halogens is 2. The van der Waals surface area contributed by atoms with Crippen LogP contribution in [-0.4, -0.2) is 10.5 Å². The fourth-order valence-electron chi connectivity index (χ4n) is 1.64. The van der Waals surface area contributed by atoms with Gasteiger partial charge in [0.15, 0.2) is 11.6 Å². The topological polar surface area (TPSA) is 34.1 Å². The van der Waals surface area contributed by atoms with Crippen molar-refractivity contribution in [2.45, 2.75) is 32.9 Å². The van der Waals surface area contributed by atoms with E-state index in [2.05, 4.69) is 31.1 Å². The molecule has 0 fully saturated rings. The zero-order valence-electron chi connectivity index (χ0n) is 12.3. The maximum Gasteiger partial charge on any atom is 0.219 e. The van der Waals surface area contributed by atoms with E-state index in [9.17, 15) is 8.78 Å². The van der Waals surface area contributed by atoms with Gasteiger partial charge in [0.1, 0.15) is 5.82 Å². The first kappa shape index (κ1) is 15.4. The Labute approximate surface area is 123 Å². The highest BCUT2D eigenvalue weighted by Gasteiger charge is 2.10. The second-order valence-corrected chi connectivity index (χ2v) is 5.75. The number of aromatic nitrogens is 1. The van der Waals surface area contributed by atoms with Crippen LogP contribution >= 0.6 is 0 Å². The molecule has 3 nitrogen and oxygen atoms in total. The lowest BCUT2D eigenvalue weighted by atomic mass is 10.1. The van der Waals surface area contributed by atoms with Crippen molar-refractivity contribution in [1.82, 2.24) is 10.3 Å². The molecule has 0 unspecified atom stereocenters. The van der Waals surface area contributed by atoms with Crippen molar-refractivity contribution >= 4 is 0 Å². The molecule has 1 aromatic carbocycles. The van der Waals surface area contributed by atoms with E-state index >= 15 is 0 Å². The molecule has 0 aliphatic carbocycles. The third-order valence-corrected chi connectivity index (χ3v) is 2.69. The van der Waals surface area contributed by atoms with Crippen LogP contribution in [0.4, 0.5) is 8.78 Å². The SMILES string of the molecule is CC(C)(C)NCc1cccc(Oc2ccc(F)cc2F)n1. The van der Waals surface area contributed by atoms with Crippen LogP contribution in [0, 0.1) is 11.6 Å². The molecule has 1 aromatic heterocycles. The summed E-state index contributed by atoms with van der Waals surface area (Å²) in [6, 6.07) is 8.43. The Bertz CT molecular complexity index is 624. The highest BCUT2D eigenvalue weighted by molar-refractivity contribution is 5.29. The second kappa shape index (κ2) is 6.18. The minimum Gasteiger partial charge on any atom is -0.436 e. The molecule has 0 saturated carbocycles. The van der Waals surface area contributed by atoms with E-state index in [1.807, 2.05) is 6.07 Å². The number of hydrogen-bond acceptors (Lipinski definition) is 3. The largest absolute Gasteiger partial charge is 0.436 e. The van der Waals surface area contributed by atoms with Gasteiger partial charge >= 0.3 is 0 Å². The van der Waals surface area contributed by atoms with Gasteiger partial charge in [-0.3, -0.25) is 0 Å². The van der Waals surface area contributed by atoms with Gasteiger partial charge in [0.2, 0.25) is 5.88 Å². The van der Waals surface area contributed by atoms with Gasteiger partial charge in [0.25, 0.3) is 0 Å². The third-order valence-electron chi connectivity index (χ3n) is 2.69. The maximum absolute atomic E-state index is 13.5. The zero-order chi connectivity index (χ0) is 15.5. The number of nitrogens with zero attached hydrogens (tertiary/aromatic N) is 1. The zero-order valence-corrected chi connectivity index (χ0v) is 12.3. The fraction of sp³-hybridized carbons (Fsp3) is 0.312. The van der Waals surface area contributed by atoms with Gasteiger partial charge in [-0.15, -0.1) is 0 Å². The van der Waals surface area contributed by atoms with Crippen LogP contribution in [0.15, 0.2) is 36.4 Å². The standard InChI is InChI=1S/C16H18F2N2O/c1-16(2,3)19-10-12-5-4-6-15(20-12)21-14-8-7-11(17)9-13(14)18/h4-9,19H,10H2,1-3H3. The van der Waals surface area contributed by atoms with Crippen molar-refractivity contribution in [1.29, 1.82) is 0 Å². The summed E-state index contributed by atoms with van der Waals surface area (Å²) < 4.78 is 31.7. The Kier molecular flexibility index (Phi) is 4.53. The predicted octanol–water partition coefficient (Wildman–Crippen LogP) is 4.04. The fourth-order valence-corrected chi connectivity index (χ4v) is 1.64. The number of benzene rings is 1. The Morgan fingerprint density at radius 2 is 1.90 bits per heavy atom. The monoisotopic (exact) mass is 292 g/mol. The first-order chi connectivity index (χ1) is 9.83. The van der Waals surface area contributed by atoms with E-state index in [0.717, 1.165) is 17.8 Å². The highest BCUT2D eigenvalue weighted by Crippen LogP contribution is 2.23. The first-order valence-corrected chi connectivity index (χ1v) is 6.67. The first-order valence-electron chi connectivity index (χ1n) is 6.67. The average molecular weight is 292 g/mol. The molecule has 0 bridgehead atoms. The molecule has 5 heteroatoms. The molecule has 0 saturated heterocycles. The van der Waals surface area contributed by atoms with Crippen molar-refractivity contribution in [3.63, 3.8) is 0 Å². The molecule has 2 aromatic rings. The van der Waals surface area contributed by atoms with Gasteiger partial charge in [0, 0.05) is 24.2 Å². The number of ether oxygens (including phenoxy) is 1. The average Bonchev–Trinajstić information content (AvgIpc) is 2.39. The lowest BCUT2D eigenvalue weighted by molar-refractivity contribution is 0.408. The lowest BCUT2D eigenvalue weighted by Gasteiger charge is -2.20. The van der Waals surface area contributed by atoms with Crippen molar-refractivity contribution in [2.24, 2.45) is 0 Å². The van der Waals surface area contributed by atoms with Crippen molar-refractivity contribution in [3.8, 4) is 11.6 Å². The van der Waals surface area contributed by atoms with E-state index in [0.29, 0.717) is 6.54 Å². The molecule has 0 aliphatic rings. The van der Waals surface area contributed by atoms with E-state index in [-0.39, 0.29) is 17.2 Å². The molecule has 21 heavy (non-hydrogen) atoms. The molecular weight excluding hydrogens is 274 g/mol. The van der Waals surface area contributed by atoms with E-state index < -0.39 is 11.6 Å². The minimum atomic E-state index is -0.755. The highest BCUT2D eigenvalue weighted by atomic mass is 19.1. The summed E-state index contributed by atoms with van der Waals surface area (Å²) in [6.07, 6.45) is 0. The minimum absolute atomic E-state index is 0.0262. The Hall–Kier alpha value is -2.01. The molecule has 1 heterocycles. The second-order valence-electron chi connectivity index (χ2n) is 5.75. The van der Waals surface area contributed by atoms with Gasteiger partial charge in [-0.2, -0.15) is 0 Å². The van der Waals surface area contributed by atoms with Gasteiger partial charge in [0.05, 0.1) is 5.69 Å². The van der Waals surface area contributed by atoms with Gasteiger partial charge in [-0.05, 0) is 39.0 Å². The summed E-state index contributed by atoms with van der Waals surface area (Å²) in [7, 11) is 0. The van der Waals surface area contributed by atoms with Crippen molar-refractivity contribution < 1.29 is 13.5 Å². The molecule has 2 rings (SSSR count). The summed E-state index contributed by atoms with van der Waals surface area (Å²) in [4.78, 5) is 4.29. The summed E-state index contributed by atoms with van der Waals surface area (Å²) in [5.74, 6) is -1.18. The molecule has 1 N–H and O–H groups in total. The number of rotatable bonds is 4. The molecule has 0 atom stereocenters. The molecular formula is C16H18F2N2O. The summed E-state index contributed by atoms with van der Waals surface area (Å²) >= 11 is 0. The summed E-state index contributed by atoms with van der Waals surface area (Å²) in [6.45, 7) is 6.75. The Morgan fingerprint density at radius 1 is 1.14 bits per heavy atom. The van der Waals surface area contributed by atoms with Crippen LogP contribution in [0.2, 0.25) is 0 Å². The van der Waals surface area contributed by atoms with E-state index in [1.165, 1.54) is 6.07 Å². The van der Waals surface area contributed by atoms with Crippen LogP contribution in [0.3, 0.4) is 0 Å². The molecule has 0 amide bonds. The maximum atomic E-state index is 13.5. The van der Waals surface area contributed by atoms with Crippen molar-refractivity contribution in [2.75, 3.05) is 0 Å². The quantitative estimate of drug-likeness (QED) is 0.923. The number of pyridine rings is 1. The van der Waals surface area contributed by atoms with Gasteiger partial charge in [-0.1, -0.05) is 6.07 Å². The molecule has 0 aliphatic heterocycles. The van der Waals surface area contributed by atoms with Crippen LogP contribution < -0.4 is 10.1 Å². The van der Waals surface area contributed by atoms with Gasteiger partial charge < -0.3 is 10.1 Å². The number of hydrogen-bond donors (Lipinski definition) is 1. The molecule has 0 spiro atoms. The summed E-state index contributed by atoms with van der Waals surface area (Å²) in [5, 5.41) is 3.31. The Balaban J connectivity index is 2.10. The molecule has 0 radical (unpaired) electrons.